The number of carboxylic acid groups (broad SMARTS) is 1. The molecule has 0 saturated heterocycles. The Morgan fingerprint density at radius 3 is 2.67 bits per heavy atom. The Kier molecular flexibility index (Phi) is 5.35. The van der Waals surface area contributed by atoms with Crippen molar-refractivity contribution in [3.63, 3.8) is 0 Å². The number of ether oxygens (including phenoxy) is 1. The molecule has 1 aromatic heterocycles. The van der Waals surface area contributed by atoms with Gasteiger partial charge in [0.05, 0.1) is 23.6 Å². The van der Waals surface area contributed by atoms with Crippen molar-refractivity contribution in [2.75, 3.05) is 6.61 Å². The predicted molar refractivity (Wildman–Crippen MR) is 103 cm³/mol. The molecule has 0 aliphatic heterocycles. The quantitative estimate of drug-likeness (QED) is 0.671. The highest BCUT2D eigenvalue weighted by molar-refractivity contribution is 5.91. The van der Waals surface area contributed by atoms with Gasteiger partial charge in [0.15, 0.2) is 0 Å². The number of carbonyl (C=O) groups is 1. The molecule has 0 atom stereocenters. The lowest BCUT2D eigenvalue weighted by Crippen LogP contribution is -2.25. The van der Waals surface area contributed by atoms with Gasteiger partial charge < -0.3 is 19.2 Å². The molecule has 3 rings (SSSR count). The number of aromatic nitrogens is 2. The molecule has 0 amide bonds. The van der Waals surface area contributed by atoms with Crippen LogP contribution >= 0.6 is 0 Å². The van der Waals surface area contributed by atoms with Crippen molar-refractivity contribution in [1.82, 2.24) is 9.55 Å². The Bertz CT molecular complexity index is 1080. The molecule has 0 unspecified atom stereocenters. The first kappa shape index (κ1) is 18.4. The third-order valence-corrected chi connectivity index (χ3v) is 4.16. The molecular formula is C21H19N2O4-. The minimum absolute atomic E-state index is 0.0212. The van der Waals surface area contributed by atoms with Gasteiger partial charge in [-0.05, 0) is 49.8 Å². The summed E-state index contributed by atoms with van der Waals surface area (Å²) in [5, 5.41) is 11.1. The van der Waals surface area contributed by atoms with Crippen LogP contribution in [0, 0.1) is 0 Å². The summed E-state index contributed by atoms with van der Waals surface area (Å²) in [6.07, 6.45) is 3.39. The number of aryl methyl sites for hydroxylation is 1. The van der Waals surface area contributed by atoms with E-state index in [-0.39, 0.29) is 16.8 Å². The van der Waals surface area contributed by atoms with Crippen LogP contribution in [0.3, 0.4) is 0 Å². The Hall–Kier alpha value is -3.41. The van der Waals surface area contributed by atoms with Crippen molar-refractivity contribution >= 4 is 29.2 Å². The SMILES string of the molecule is CCOc1ccccc1/C=C/c1nc2cc(C(=O)[O-])ccc2n(CC)c1=O. The van der Waals surface area contributed by atoms with Gasteiger partial charge in [-0.1, -0.05) is 24.3 Å². The number of para-hydroxylation sites is 1. The van der Waals surface area contributed by atoms with E-state index in [0.29, 0.717) is 29.9 Å². The maximum atomic E-state index is 12.8. The van der Waals surface area contributed by atoms with Crippen LogP contribution in [0.1, 0.15) is 35.5 Å². The standard InChI is InChI=1S/C21H20N2O4/c1-3-23-18-12-10-15(21(25)26)13-17(18)22-16(20(23)24)11-9-14-7-5-6-8-19(14)27-4-2/h5-13H,3-4H2,1-2H3,(H,25,26)/p-1/b11-9+. The lowest BCUT2D eigenvalue weighted by atomic mass is 10.1. The van der Waals surface area contributed by atoms with Gasteiger partial charge in [0.1, 0.15) is 11.4 Å². The summed E-state index contributed by atoms with van der Waals surface area (Å²) >= 11 is 0. The van der Waals surface area contributed by atoms with E-state index in [1.807, 2.05) is 38.1 Å². The van der Waals surface area contributed by atoms with E-state index in [2.05, 4.69) is 4.98 Å². The van der Waals surface area contributed by atoms with Crippen LogP contribution < -0.4 is 15.4 Å². The molecule has 0 spiro atoms. The normalized spacial score (nSPS) is 11.2. The molecule has 0 fully saturated rings. The molecule has 27 heavy (non-hydrogen) atoms. The minimum atomic E-state index is -1.28. The van der Waals surface area contributed by atoms with Crippen LogP contribution in [0.4, 0.5) is 0 Å². The van der Waals surface area contributed by atoms with Gasteiger partial charge in [-0.2, -0.15) is 0 Å². The van der Waals surface area contributed by atoms with E-state index in [1.165, 1.54) is 12.1 Å². The molecule has 0 bridgehead atoms. The summed E-state index contributed by atoms with van der Waals surface area (Å²) in [6, 6.07) is 11.9. The van der Waals surface area contributed by atoms with Crippen molar-refractivity contribution < 1.29 is 14.6 Å². The molecule has 0 N–H and O–H groups in total. The van der Waals surface area contributed by atoms with Crippen molar-refractivity contribution in [1.29, 1.82) is 0 Å². The first-order valence-corrected chi connectivity index (χ1v) is 8.71. The summed E-state index contributed by atoms with van der Waals surface area (Å²) in [5.41, 5.74) is 1.85. The number of carboxylic acids is 1. The van der Waals surface area contributed by atoms with E-state index in [4.69, 9.17) is 4.74 Å². The maximum Gasteiger partial charge on any atom is 0.276 e. The molecule has 0 aliphatic carbocycles. The summed E-state index contributed by atoms with van der Waals surface area (Å²) < 4.78 is 7.15. The summed E-state index contributed by atoms with van der Waals surface area (Å²) in [4.78, 5) is 28.2. The second-order valence-corrected chi connectivity index (χ2v) is 5.84. The van der Waals surface area contributed by atoms with E-state index >= 15 is 0 Å². The van der Waals surface area contributed by atoms with Gasteiger partial charge in [-0.3, -0.25) is 4.79 Å². The molecule has 0 aliphatic rings. The summed E-state index contributed by atoms with van der Waals surface area (Å²) in [7, 11) is 0. The van der Waals surface area contributed by atoms with Gasteiger partial charge in [0.2, 0.25) is 0 Å². The van der Waals surface area contributed by atoms with Gasteiger partial charge in [-0.15, -0.1) is 0 Å². The van der Waals surface area contributed by atoms with E-state index in [1.54, 1.807) is 22.8 Å². The second-order valence-electron chi connectivity index (χ2n) is 5.84. The van der Waals surface area contributed by atoms with Crippen LogP contribution in [0.2, 0.25) is 0 Å². The van der Waals surface area contributed by atoms with Gasteiger partial charge in [0.25, 0.3) is 5.56 Å². The highest BCUT2D eigenvalue weighted by Crippen LogP contribution is 2.20. The average molecular weight is 363 g/mol. The van der Waals surface area contributed by atoms with E-state index < -0.39 is 5.97 Å². The van der Waals surface area contributed by atoms with Crippen molar-refractivity contribution in [2.45, 2.75) is 20.4 Å². The second kappa shape index (κ2) is 7.86. The van der Waals surface area contributed by atoms with Gasteiger partial charge >= 0.3 is 0 Å². The fourth-order valence-electron chi connectivity index (χ4n) is 2.89. The first-order valence-electron chi connectivity index (χ1n) is 8.71. The molecule has 1 heterocycles. The van der Waals surface area contributed by atoms with E-state index in [9.17, 15) is 14.7 Å². The van der Waals surface area contributed by atoms with Crippen LogP contribution in [0.15, 0.2) is 47.3 Å². The molecule has 138 valence electrons. The lowest BCUT2D eigenvalue weighted by Gasteiger charge is -2.11. The minimum Gasteiger partial charge on any atom is -0.545 e. The largest absolute Gasteiger partial charge is 0.545 e. The number of hydrogen-bond donors (Lipinski definition) is 0. The number of benzene rings is 2. The van der Waals surface area contributed by atoms with E-state index in [0.717, 1.165) is 5.56 Å². The van der Waals surface area contributed by atoms with Crippen LogP contribution in [-0.4, -0.2) is 22.1 Å². The average Bonchev–Trinajstić information content (AvgIpc) is 2.67. The van der Waals surface area contributed by atoms with Crippen molar-refractivity contribution in [3.8, 4) is 5.75 Å². The summed E-state index contributed by atoms with van der Waals surface area (Å²) in [5.74, 6) is -0.567. The summed E-state index contributed by atoms with van der Waals surface area (Å²) in [6.45, 7) is 4.73. The van der Waals surface area contributed by atoms with Crippen molar-refractivity contribution in [2.24, 2.45) is 0 Å². The number of hydrogen-bond acceptors (Lipinski definition) is 5. The fraction of sp³-hybridized carbons (Fsp3) is 0.190. The first-order chi connectivity index (χ1) is 13.0. The monoisotopic (exact) mass is 363 g/mol. The zero-order valence-electron chi connectivity index (χ0n) is 15.1. The topological polar surface area (TPSA) is 84.2 Å². The maximum absolute atomic E-state index is 12.8. The zero-order chi connectivity index (χ0) is 19.4. The number of rotatable bonds is 6. The molecule has 6 nitrogen and oxygen atoms in total. The van der Waals surface area contributed by atoms with Crippen molar-refractivity contribution in [3.05, 3.63) is 69.6 Å². The number of nitrogens with zero attached hydrogens (tertiary/aromatic N) is 2. The molecular weight excluding hydrogens is 344 g/mol. The Morgan fingerprint density at radius 1 is 1.19 bits per heavy atom. The molecule has 0 radical (unpaired) electrons. The Labute approximate surface area is 156 Å². The highest BCUT2D eigenvalue weighted by atomic mass is 16.5. The van der Waals surface area contributed by atoms with Gasteiger partial charge in [-0.25, -0.2) is 4.98 Å². The number of fused-ring (bicyclic) bond motifs is 1. The Morgan fingerprint density at radius 2 is 1.96 bits per heavy atom. The zero-order valence-corrected chi connectivity index (χ0v) is 15.1. The third kappa shape index (κ3) is 3.74. The third-order valence-electron chi connectivity index (χ3n) is 4.16. The van der Waals surface area contributed by atoms with Gasteiger partial charge in [0, 0.05) is 12.1 Å². The lowest BCUT2D eigenvalue weighted by molar-refractivity contribution is -0.255. The molecule has 3 aromatic rings. The number of carbonyl (C=O) groups excluding carboxylic acids is 1. The number of aromatic carboxylic acids is 1. The fourth-order valence-corrected chi connectivity index (χ4v) is 2.89. The Balaban J connectivity index is 2.12. The van der Waals surface area contributed by atoms with Crippen LogP contribution in [-0.2, 0) is 6.54 Å². The predicted octanol–water partition coefficient (Wildman–Crippen LogP) is 2.35. The van der Waals surface area contributed by atoms with Crippen LogP contribution in [0.25, 0.3) is 23.2 Å². The molecule has 6 heteroatoms. The molecule has 2 aromatic carbocycles. The molecule has 0 saturated carbocycles. The van der Waals surface area contributed by atoms with Crippen LogP contribution in [0.5, 0.6) is 5.75 Å². The smallest absolute Gasteiger partial charge is 0.276 e. The highest BCUT2D eigenvalue weighted by Gasteiger charge is 2.09.